The second-order valence-electron chi connectivity index (χ2n) is 6.54. The molecule has 7 heteroatoms. The Balaban J connectivity index is 0.00000280. The molecule has 0 radical (unpaired) electrons. The summed E-state index contributed by atoms with van der Waals surface area (Å²) in [7, 11) is 0. The largest absolute Gasteiger partial charge is 0.357 e. The van der Waals surface area contributed by atoms with Crippen LogP contribution in [-0.4, -0.2) is 33.6 Å². The first kappa shape index (κ1) is 22.1. The quantitative estimate of drug-likeness (QED) is 0.228. The minimum atomic E-state index is 0. The predicted octanol–water partition coefficient (Wildman–Crippen LogP) is 3.81. The molecule has 3 aromatic rings. The number of nitrogens with one attached hydrogen (secondary N) is 2. The molecule has 2 N–H and O–H groups in total. The Morgan fingerprint density at radius 1 is 1.11 bits per heavy atom. The van der Waals surface area contributed by atoms with Gasteiger partial charge in [-0.15, -0.1) is 24.0 Å². The maximum Gasteiger partial charge on any atom is 0.191 e. The lowest BCUT2D eigenvalue weighted by molar-refractivity contribution is 0.624. The van der Waals surface area contributed by atoms with Crippen LogP contribution in [0.5, 0.6) is 0 Å². The summed E-state index contributed by atoms with van der Waals surface area (Å²) in [6.45, 7) is 9.39. The highest BCUT2D eigenvalue weighted by molar-refractivity contribution is 14.0. The van der Waals surface area contributed by atoms with E-state index in [4.69, 9.17) is 0 Å². The topological polar surface area (TPSA) is 67.1 Å². The number of para-hydroxylation sites is 2. The van der Waals surface area contributed by atoms with E-state index in [1.807, 2.05) is 18.3 Å². The van der Waals surface area contributed by atoms with Crippen molar-refractivity contribution in [3.63, 3.8) is 0 Å². The molecular formula is C21H29IN6. The smallest absolute Gasteiger partial charge is 0.191 e. The third kappa shape index (κ3) is 5.67. The van der Waals surface area contributed by atoms with Gasteiger partial charge in [0.15, 0.2) is 5.96 Å². The summed E-state index contributed by atoms with van der Waals surface area (Å²) in [4.78, 5) is 13.7. The fraction of sp³-hybridized carbons (Fsp3) is 0.381. The number of aryl methyl sites for hydroxylation is 3. The van der Waals surface area contributed by atoms with Gasteiger partial charge in [-0.3, -0.25) is 4.98 Å². The number of aromatic nitrogens is 3. The first-order valence-electron chi connectivity index (χ1n) is 9.53. The lowest BCUT2D eigenvalue weighted by Crippen LogP contribution is -2.38. The van der Waals surface area contributed by atoms with Crippen LogP contribution in [0.15, 0.2) is 47.6 Å². The number of fused-ring (bicyclic) bond motifs is 1. The summed E-state index contributed by atoms with van der Waals surface area (Å²) < 4.78 is 2.28. The Bertz CT molecular complexity index is 918. The Hall–Kier alpha value is -2.16. The van der Waals surface area contributed by atoms with Crippen LogP contribution in [0.2, 0.25) is 0 Å². The molecule has 1 aromatic carbocycles. The zero-order valence-corrected chi connectivity index (χ0v) is 19.1. The molecule has 2 aromatic heterocycles. The monoisotopic (exact) mass is 492 g/mol. The van der Waals surface area contributed by atoms with Crippen molar-refractivity contribution in [2.24, 2.45) is 4.99 Å². The summed E-state index contributed by atoms with van der Waals surface area (Å²) in [5.41, 5.74) is 4.43. The molecule has 0 unspecified atom stereocenters. The first-order valence-corrected chi connectivity index (χ1v) is 9.53. The van der Waals surface area contributed by atoms with E-state index in [0.29, 0.717) is 6.54 Å². The summed E-state index contributed by atoms with van der Waals surface area (Å²) in [5.74, 6) is 1.89. The van der Waals surface area contributed by atoms with Gasteiger partial charge in [-0.2, -0.15) is 0 Å². The van der Waals surface area contributed by atoms with E-state index >= 15 is 0 Å². The molecule has 150 valence electrons. The molecule has 3 rings (SSSR count). The van der Waals surface area contributed by atoms with E-state index in [-0.39, 0.29) is 24.0 Å². The molecule has 0 saturated heterocycles. The van der Waals surface area contributed by atoms with Gasteiger partial charge in [0.2, 0.25) is 0 Å². The van der Waals surface area contributed by atoms with E-state index in [1.54, 1.807) is 0 Å². The second-order valence-corrected chi connectivity index (χ2v) is 6.54. The molecule has 0 saturated carbocycles. The number of hydrogen-bond acceptors (Lipinski definition) is 3. The second kappa shape index (κ2) is 11.0. The van der Waals surface area contributed by atoms with Crippen molar-refractivity contribution in [2.45, 2.75) is 40.3 Å². The number of guanidine groups is 1. The van der Waals surface area contributed by atoms with Crippen molar-refractivity contribution in [1.29, 1.82) is 0 Å². The van der Waals surface area contributed by atoms with E-state index in [1.165, 1.54) is 11.1 Å². The average Bonchev–Trinajstić information content (AvgIpc) is 2.99. The van der Waals surface area contributed by atoms with E-state index in [2.05, 4.69) is 75.2 Å². The van der Waals surface area contributed by atoms with Gasteiger partial charge in [-0.1, -0.05) is 18.2 Å². The predicted molar refractivity (Wildman–Crippen MR) is 126 cm³/mol. The fourth-order valence-electron chi connectivity index (χ4n) is 3.10. The van der Waals surface area contributed by atoms with Crippen LogP contribution in [0.25, 0.3) is 11.0 Å². The highest BCUT2D eigenvalue weighted by Gasteiger charge is 2.06. The lowest BCUT2D eigenvalue weighted by Gasteiger charge is -2.12. The van der Waals surface area contributed by atoms with Gasteiger partial charge in [0, 0.05) is 25.8 Å². The highest BCUT2D eigenvalue weighted by Crippen LogP contribution is 2.15. The zero-order valence-electron chi connectivity index (χ0n) is 16.8. The Labute approximate surface area is 183 Å². The van der Waals surface area contributed by atoms with Gasteiger partial charge >= 0.3 is 0 Å². The Morgan fingerprint density at radius 3 is 2.71 bits per heavy atom. The third-order valence-corrected chi connectivity index (χ3v) is 4.55. The maximum atomic E-state index is 4.66. The van der Waals surface area contributed by atoms with E-state index in [9.17, 15) is 0 Å². The van der Waals surface area contributed by atoms with Crippen LogP contribution < -0.4 is 10.6 Å². The number of benzene rings is 1. The van der Waals surface area contributed by atoms with Crippen LogP contribution in [0, 0.1) is 13.8 Å². The number of hydrogen-bond donors (Lipinski definition) is 2. The zero-order chi connectivity index (χ0) is 19.1. The molecule has 6 nitrogen and oxygen atoms in total. The first-order chi connectivity index (χ1) is 13.2. The molecule has 0 amide bonds. The summed E-state index contributed by atoms with van der Waals surface area (Å²) in [6.07, 6.45) is 2.81. The molecule has 28 heavy (non-hydrogen) atoms. The molecule has 2 heterocycles. The Kier molecular flexibility index (Phi) is 8.69. The number of nitrogens with zero attached hydrogens (tertiary/aromatic N) is 4. The SMILES string of the molecule is CCNC(=NCc1ncccc1C)NCCCn1c(C)nc2ccccc21.I. The average molecular weight is 492 g/mol. The van der Waals surface area contributed by atoms with Crippen LogP contribution in [-0.2, 0) is 13.1 Å². The van der Waals surface area contributed by atoms with Gasteiger partial charge < -0.3 is 15.2 Å². The molecule has 0 bridgehead atoms. The number of imidazole rings is 1. The summed E-state index contributed by atoms with van der Waals surface area (Å²) in [5, 5.41) is 6.72. The molecule has 0 atom stereocenters. The van der Waals surface area contributed by atoms with Gasteiger partial charge in [-0.05, 0) is 51.0 Å². The number of aliphatic imine (C=N–C) groups is 1. The fourth-order valence-corrected chi connectivity index (χ4v) is 3.10. The minimum absolute atomic E-state index is 0. The molecule has 0 spiro atoms. The molecule has 0 aliphatic carbocycles. The van der Waals surface area contributed by atoms with Crippen LogP contribution >= 0.6 is 24.0 Å². The van der Waals surface area contributed by atoms with Crippen molar-refractivity contribution < 1.29 is 0 Å². The molecule has 0 fully saturated rings. The van der Waals surface area contributed by atoms with Crippen molar-refractivity contribution >= 4 is 41.0 Å². The standard InChI is InChI=1S/C21H28N6.HI/c1-4-22-21(25-15-19-16(2)9-7-12-23-19)24-13-8-14-27-17(3)26-18-10-5-6-11-20(18)27;/h5-7,9-12H,4,8,13-15H2,1-3H3,(H2,22,24,25);1H. The van der Waals surface area contributed by atoms with Crippen LogP contribution in [0.3, 0.4) is 0 Å². The van der Waals surface area contributed by atoms with Gasteiger partial charge in [-0.25, -0.2) is 9.98 Å². The molecule has 0 aliphatic heterocycles. The van der Waals surface area contributed by atoms with Crippen molar-refractivity contribution in [3.05, 3.63) is 59.7 Å². The lowest BCUT2D eigenvalue weighted by atomic mass is 10.2. The third-order valence-electron chi connectivity index (χ3n) is 4.55. The number of rotatable bonds is 7. The van der Waals surface area contributed by atoms with Crippen molar-refractivity contribution in [3.8, 4) is 0 Å². The summed E-state index contributed by atoms with van der Waals surface area (Å²) >= 11 is 0. The van der Waals surface area contributed by atoms with Crippen molar-refractivity contribution in [2.75, 3.05) is 13.1 Å². The minimum Gasteiger partial charge on any atom is -0.357 e. The van der Waals surface area contributed by atoms with Crippen LogP contribution in [0.1, 0.15) is 30.4 Å². The summed E-state index contributed by atoms with van der Waals surface area (Å²) in [6, 6.07) is 12.3. The maximum absolute atomic E-state index is 4.66. The number of pyridine rings is 1. The van der Waals surface area contributed by atoms with Gasteiger partial charge in [0.1, 0.15) is 5.82 Å². The van der Waals surface area contributed by atoms with Crippen LogP contribution in [0.4, 0.5) is 0 Å². The van der Waals surface area contributed by atoms with E-state index < -0.39 is 0 Å². The molecule has 0 aliphatic rings. The van der Waals surface area contributed by atoms with Gasteiger partial charge in [0.05, 0.1) is 23.3 Å². The van der Waals surface area contributed by atoms with E-state index in [0.717, 1.165) is 49.0 Å². The number of halogens is 1. The van der Waals surface area contributed by atoms with Crippen molar-refractivity contribution in [1.82, 2.24) is 25.2 Å². The Morgan fingerprint density at radius 2 is 1.93 bits per heavy atom. The van der Waals surface area contributed by atoms with Gasteiger partial charge in [0.25, 0.3) is 0 Å². The normalized spacial score (nSPS) is 11.3. The molecular weight excluding hydrogens is 463 g/mol. The highest BCUT2D eigenvalue weighted by atomic mass is 127.